The minimum Gasteiger partial charge on any atom is -0.382 e. The molecule has 7 nitrogen and oxygen atoms in total. The second-order valence-electron chi connectivity index (χ2n) is 5.04. The maximum atomic E-state index is 6.04. The zero-order chi connectivity index (χ0) is 13.6. The molecule has 19 heavy (non-hydrogen) atoms. The van der Waals surface area contributed by atoms with Crippen LogP contribution < -0.4 is 11.5 Å². The minimum absolute atomic E-state index is 0.0568. The highest BCUT2D eigenvalue weighted by Crippen LogP contribution is 2.36. The summed E-state index contributed by atoms with van der Waals surface area (Å²) in [5.74, 6) is 0.980. The van der Waals surface area contributed by atoms with Gasteiger partial charge in [0.1, 0.15) is 11.7 Å². The molecular weight excluding hydrogens is 244 g/mol. The van der Waals surface area contributed by atoms with Crippen LogP contribution in [0, 0.1) is 5.92 Å². The summed E-state index contributed by atoms with van der Waals surface area (Å²) in [4.78, 5) is 12.4. The van der Waals surface area contributed by atoms with Crippen LogP contribution in [0.1, 0.15) is 32.9 Å². The number of hydrogen-bond donors (Lipinski definition) is 2. The smallest absolute Gasteiger partial charge is 0.224 e. The van der Waals surface area contributed by atoms with Gasteiger partial charge < -0.3 is 16.2 Å². The number of fused-ring (bicyclic) bond motifs is 1. The van der Waals surface area contributed by atoms with E-state index < -0.39 is 0 Å². The summed E-state index contributed by atoms with van der Waals surface area (Å²) in [6, 6.07) is 0. The summed E-state index contributed by atoms with van der Waals surface area (Å²) >= 11 is 0. The van der Waals surface area contributed by atoms with Crippen LogP contribution in [-0.4, -0.2) is 25.6 Å². The summed E-state index contributed by atoms with van der Waals surface area (Å²) in [6.45, 7) is 4.33. The van der Waals surface area contributed by atoms with Crippen molar-refractivity contribution in [2.24, 2.45) is 5.92 Å². The number of anilines is 2. The SMILES string of the molecule is CCC1O[C@@H](n2cnc3c(N)nc(N)nc32)C[C@H]1C. The monoisotopic (exact) mass is 262 g/mol. The molecule has 1 unspecified atom stereocenters. The standard InChI is InChI=1S/C12H18N6O/c1-3-7-6(2)4-8(19-7)18-5-15-9-10(13)16-12(14)17-11(9)18/h5-8H,3-4H2,1-2H3,(H4,13,14,16,17)/t6-,7?,8-/m1/s1. The van der Waals surface area contributed by atoms with E-state index in [0.29, 0.717) is 22.9 Å². The third-order valence-electron chi connectivity index (χ3n) is 3.72. The van der Waals surface area contributed by atoms with Crippen molar-refractivity contribution in [1.82, 2.24) is 19.5 Å². The predicted octanol–water partition coefficient (Wildman–Crippen LogP) is 1.32. The van der Waals surface area contributed by atoms with Crippen LogP contribution >= 0.6 is 0 Å². The van der Waals surface area contributed by atoms with Gasteiger partial charge in [0.2, 0.25) is 5.95 Å². The van der Waals surface area contributed by atoms with Gasteiger partial charge in [-0.15, -0.1) is 0 Å². The second-order valence-corrected chi connectivity index (χ2v) is 5.04. The Bertz CT molecular complexity index is 610. The molecule has 1 saturated heterocycles. The Balaban J connectivity index is 2.02. The molecule has 0 aromatic carbocycles. The first-order valence-corrected chi connectivity index (χ1v) is 6.51. The quantitative estimate of drug-likeness (QED) is 0.845. The summed E-state index contributed by atoms with van der Waals surface area (Å²) in [5, 5.41) is 0. The van der Waals surface area contributed by atoms with Crippen molar-refractivity contribution in [2.45, 2.75) is 39.0 Å². The van der Waals surface area contributed by atoms with E-state index in [1.807, 2.05) is 4.57 Å². The van der Waals surface area contributed by atoms with Crippen LogP contribution in [0.25, 0.3) is 11.2 Å². The second kappa shape index (κ2) is 4.34. The molecule has 2 aromatic rings. The molecule has 1 fully saturated rings. The van der Waals surface area contributed by atoms with Gasteiger partial charge in [-0.25, -0.2) is 4.98 Å². The Morgan fingerprint density at radius 3 is 2.89 bits per heavy atom. The molecular formula is C12H18N6O. The maximum Gasteiger partial charge on any atom is 0.224 e. The molecule has 3 atom stereocenters. The van der Waals surface area contributed by atoms with Crippen LogP contribution in [0.2, 0.25) is 0 Å². The first kappa shape index (κ1) is 12.2. The van der Waals surface area contributed by atoms with Gasteiger partial charge in [0.25, 0.3) is 0 Å². The van der Waals surface area contributed by atoms with E-state index in [2.05, 4.69) is 28.8 Å². The van der Waals surface area contributed by atoms with Crippen molar-refractivity contribution in [3.05, 3.63) is 6.33 Å². The first-order chi connectivity index (χ1) is 9.10. The summed E-state index contributed by atoms with van der Waals surface area (Å²) in [5.41, 5.74) is 12.7. The van der Waals surface area contributed by atoms with E-state index in [0.717, 1.165) is 12.8 Å². The van der Waals surface area contributed by atoms with Crippen molar-refractivity contribution in [1.29, 1.82) is 0 Å². The molecule has 0 radical (unpaired) electrons. The maximum absolute atomic E-state index is 6.04. The fourth-order valence-electron chi connectivity index (χ4n) is 2.71. The Kier molecular flexibility index (Phi) is 2.78. The average Bonchev–Trinajstić information content (AvgIpc) is 2.92. The predicted molar refractivity (Wildman–Crippen MR) is 72.1 cm³/mol. The lowest BCUT2D eigenvalue weighted by Crippen LogP contribution is -2.13. The molecule has 2 aromatic heterocycles. The molecule has 3 rings (SSSR count). The number of nitrogens with zero attached hydrogens (tertiary/aromatic N) is 4. The highest BCUT2D eigenvalue weighted by atomic mass is 16.5. The zero-order valence-electron chi connectivity index (χ0n) is 11.1. The highest BCUT2D eigenvalue weighted by molar-refractivity contribution is 5.82. The lowest BCUT2D eigenvalue weighted by Gasteiger charge is -2.14. The van der Waals surface area contributed by atoms with Gasteiger partial charge in [-0.05, 0) is 18.8 Å². The fraction of sp³-hybridized carbons (Fsp3) is 0.583. The number of aromatic nitrogens is 4. The topological polar surface area (TPSA) is 105 Å². The van der Waals surface area contributed by atoms with Crippen LogP contribution in [0.5, 0.6) is 0 Å². The molecule has 0 spiro atoms. The third-order valence-corrected chi connectivity index (χ3v) is 3.72. The van der Waals surface area contributed by atoms with Crippen LogP contribution in [0.4, 0.5) is 11.8 Å². The lowest BCUT2D eigenvalue weighted by molar-refractivity contribution is -0.00303. The van der Waals surface area contributed by atoms with Gasteiger partial charge in [-0.1, -0.05) is 13.8 Å². The molecule has 7 heteroatoms. The zero-order valence-corrected chi connectivity index (χ0v) is 11.1. The third kappa shape index (κ3) is 1.90. The number of ether oxygens (including phenoxy) is 1. The van der Waals surface area contributed by atoms with Crippen molar-refractivity contribution < 1.29 is 4.74 Å². The number of hydrogen-bond acceptors (Lipinski definition) is 6. The normalized spacial score (nSPS) is 27.2. The van der Waals surface area contributed by atoms with Crippen LogP contribution in [0.3, 0.4) is 0 Å². The van der Waals surface area contributed by atoms with Gasteiger partial charge in [0.15, 0.2) is 11.5 Å². The van der Waals surface area contributed by atoms with Crippen LogP contribution in [-0.2, 0) is 4.74 Å². The van der Waals surface area contributed by atoms with E-state index in [1.165, 1.54) is 0 Å². The average molecular weight is 262 g/mol. The van der Waals surface area contributed by atoms with Gasteiger partial charge >= 0.3 is 0 Å². The molecule has 0 saturated carbocycles. The largest absolute Gasteiger partial charge is 0.382 e. The number of nitrogens with two attached hydrogens (primary N) is 2. The number of imidazole rings is 1. The number of nitrogen functional groups attached to an aromatic ring is 2. The minimum atomic E-state index is -0.0568. The van der Waals surface area contributed by atoms with Gasteiger partial charge in [-0.3, -0.25) is 4.57 Å². The Morgan fingerprint density at radius 2 is 2.21 bits per heavy atom. The van der Waals surface area contributed by atoms with Gasteiger partial charge in [0, 0.05) is 0 Å². The van der Waals surface area contributed by atoms with Gasteiger partial charge in [-0.2, -0.15) is 9.97 Å². The summed E-state index contributed by atoms with van der Waals surface area (Å²) in [7, 11) is 0. The first-order valence-electron chi connectivity index (χ1n) is 6.51. The van der Waals surface area contributed by atoms with Crippen molar-refractivity contribution in [2.75, 3.05) is 11.5 Å². The summed E-state index contributed by atoms with van der Waals surface area (Å²) in [6.07, 6.45) is 3.86. The molecule has 0 bridgehead atoms. The van der Waals surface area contributed by atoms with E-state index in [-0.39, 0.29) is 18.3 Å². The van der Waals surface area contributed by atoms with Crippen molar-refractivity contribution in [3.8, 4) is 0 Å². The molecule has 1 aliphatic rings. The molecule has 0 amide bonds. The summed E-state index contributed by atoms with van der Waals surface area (Å²) < 4.78 is 7.93. The molecule has 0 aliphatic carbocycles. The Hall–Kier alpha value is -1.89. The molecule has 4 N–H and O–H groups in total. The fourth-order valence-corrected chi connectivity index (χ4v) is 2.71. The lowest BCUT2D eigenvalue weighted by atomic mass is 10.0. The molecule has 1 aliphatic heterocycles. The van der Waals surface area contributed by atoms with E-state index >= 15 is 0 Å². The van der Waals surface area contributed by atoms with E-state index in [4.69, 9.17) is 16.2 Å². The van der Waals surface area contributed by atoms with Crippen molar-refractivity contribution in [3.63, 3.8) is 0 Å². The Labute approximate surface area is 111 Å². The van der Waals surface area contributed by atoms with Gasteiger partial charge in [0.05, 0.1) is 12.4 Å². The van der Waals surface area contributed by atoms with E-state index in [1.54, 1.807) is 6.33 Å². The van der Waals surface area contributed by atoms with E-state index in [9.17, 15) is 0 Å². The Morgan fingerprint density at radius 1 is 1.42 bits per heavy atom. The molecule has 102 valence electrons. The van der Waals surface area contributed by atoms with Crippen LogP contribution in [0.15, 0.2) is 6.33 Å². The van der Waals surface area contributed by atoms with Crippen molar-refractivity contribution >= 4 is 22.9 Å². The number of rotatable bonds is 2. The highest BCUT2D eigenvalue weighted by Gasteiger charge is 2.33. The molecule has 3 heterocycles.